The molecule has 0 aromatic carbocycles. The highest BCUT2D eigenvalue weighted by Crippen LogP contribution is 2.24. The van der Waals surface area contributed by atoms with Crippen LogP contribution in [0.4, 0.5) is 5.95 Å². The number of piperidine rings is 1. The van der Waals surface area contributed by atoms with E-state index in [2.05, 4.69) is 39.0 Å². The molecule has 2 aromatic heterocycles. The van der Waals surface area contributed by atoms with Crippen molar-refractivity contribution in [3.8, 4) is 11.5 Å². The van der Waals surface area contributed by atoms with E-state index in [9.17, 15) is 0 Å². The maximum absolute atomic E-state index is 6.15. The van der Waals surface area contributed by atoms with Gasteiger partial charge in [0.25, 0.3) is 0 Å². The van der Waals surface area contributed by atoms with Gasteiger partial charge in [0, 0.05) is 25.2 Å². The second-order valence-corrected chi connectivity index (χ2v) is 5.71. The molecule has 1 aliphatic heterocycles. The molecule has 2 unspecified atom stereocenters. The van der Waals surface area contributed by atoms with Crippen molar-refractivity contribution < 1.29 is 0 Å². The molecule has 0 spiro atoms. The number of nitrogens with zero attached hydrogens (tertiary/aromatic N) is 5. The summed E-state index contributed by atoms with van der Waals surface area (Å²) in [5.74, 6) is 1.49. The van der Waals surface area contributed by atoms with Crippen molar-refractivity contribution in [3.63, 3.8) is 0 Å². The van der Waals surface area contributed by atoms with Crippen LogP contribution in [0.5, 0.6) is 0 Å². The Labute approximate surface area is 124 Å². The highest BCUT2D eigenvalue weighted by Gasteiger charge is 2.28. The molecule has 1 aliphatic rings. The Morgan fingerprint density at radius 1 is 1.48 bits per heavy atom. The summed E-state index contributed by atoms with van der Waals surface area (Å²) < 4.78 is 1.94. The third-order valence-corrected chi connectivity index (χ3v) is 4.22. The van der Waals surface area contributed by atoms with Crippen LogP contribution in [0.1, 0.15) is 32.4 Å². The molecule has 3 rings (SSSR count). The predicted molar refractivity (Wildman–Crippen MR) is 82.0 cm³/mol. The Morgan fingerprint density at radius 3 is 3.05 bits per heavy atom. The van der Waals surface area contributed by atoms with Gasteiger partial charge in [0.05, 0.1) is 5.69 Å². The van der Waals surface area contributed by atoms with Crippen molar-refractivity contribution in [3.05, 3.63) is 11.8 Å². The summed E-state index contributed by atoms with van der Waals surface area (Å²) in [4.78, 5) is 6.84. The van der Waals surface area contributed by atoms with Crippen molar-refractivity contribution in [1.82, 2.24) is 25.0 Å². The summed E-state index contributed by atoms with van der Waals surface area (Å²) in [6.45, 7) is 7.96. The molecule has 3 N–H and O–H groups in total. The highest BCUT2D eigenvalue weighted by atomic mass is 15.4. The van der Waals surface area contributed by atoms with Crippen LogP contribution in [0.25, 0.3) is 11.5 Å². The van der Waals surface area contributed by atoms with E-state index in [1.807, 2.05) is 17.7 Å². The molecule has 0 radical (unpaired) electrons. The number of aromatic amines is 1. The summed E-state index contributed by atoms with van der Waals surface area (Å²) in [5, 5.41) is 11.9. The van der Waals surface area contributed by atoms with E-state index < -0.39 is 0 Å². The van der Waals surface area contributed by atoms with Crippen LogP contribution in [-0.4, -0.2) is 43.6 Å². The zero-order valence-corrected chi connectivity index (χ0v) is 12.9. The van der Waals surface area contributed by atoms with Gasteiger partial charge in [0.2, 0.25) is 5.95 Å². The van der Waals surface area contributed by atoms with Crippen LogP contribution in [0.2, 0.25) is 0 Å². The number of aryl methyl sites for hydroxylation is 2. The Balaban J connectivity index is 1.89. The molecule has 2 atom stereocenters. The zero-order valence-electron chi connectivity index (χ0n) is 12.9. The number of hydrogen-bond donors (Lipinski definition) is 2. The van der Waals surface area contributed by atoms with Crippen molar-refractivity contribution in [2.24, 2.45) is 5.73 Å². The van der Waals surface area contributed by atoms with E-state index in [4.69, 9.17) is 5.73 Å². The second-order valence-electron chi connectivity index (χ2n) is 5.71. The van der Waals surface area contributed by atoms with Crippen molar-refractivity contribution >= 4 is 5.95 Å². The van der Waals surface area contributed by atoms with Gasteiger partial charge >= 0.3 is 0 Å². The fourth-order valence-corrected chi connectivity index (χ4v) is 2.93. The average Bonchev–Trinajstić information content (AvgIpc) is 3.08. The molecular formula is C14H23N7. The van der Waals surface area contributed by atoms with Crippen LogP contribution >= 0.6 is 0 Å². The Hall–Kier alpha value is -1.89. The van der Waals surface area contributed by atoms with Gasteiger partial charge in [0.15, 0.2) is 5.82 Å². The molecule has 0 saturated carbocycles. The topological polar surface area (TPSA) is 88.7 Å². The number of aromatic nitrogens is 5. The van der Waals surface area contributed by atoms with Gasteiger partial charge in [-0.1, -0.05) is 0 Å². The minimum atomic E-state index is 0.184. The largest absolute Gasteiger partial charge is 0.335 e. The van der Waals surface area contributed by atoms with Crippen LogP contribution in [0.15, 0.2) is 6.07 Å². The Kier molecular flexibility index (Phi) is 3.67. The molecule has 1 fully saturated rings. The first kappa shape index (κ1) is 14.1. The van der Waals surface area contributed by atoms with Gasteiger partial charge in [-0.2, -0.15) is 10.1 Å². The lowest BCUT2D eigenvalue weighted by Crippen LogP contribution is -2.50. The van der Waals surface area contributed by atoms with E-state index in [0.717, 1.165) is 49.1 Å². The molecule has 0 amide bonds. The summed E-state index contributed by atoms with van der Waals surface area (Å²) in [6.07, 6.45) is 2.15. The molecule has 0 bridgehead atoms. The molecule has 7 heteroatoms. The summed E-state index contributed by atoms with van der Waals surface area (Å²) in [7, 11) is 0. The number of nitrogens with one attached hydrogen (secondary N) is 1. The summed E-state index contributed by atoms with van der Waals surface area (Å²) in [6, 6.07) is 2.48. The molecule has 114 valence electrons. The first-order valence-corrected chi connectivity index (χ1v) is 7.59. The lowest BCUT2D eigenvalue weighted by molar-refractivity contribution is 0.416. The predicted octanol–water partition coefficient (Wildman–Crippen LogP) is 1.31. The summed E-state index contributed by atoms with van der Waals surface area (Å²) in [5.41, 5.74) is 8.11. The fourth-order valence-electron chi connectivity index (χ4n) is 2.93. The number of rotatable bonds is 3. The number of nitrogens with two attached hydrogens (primary N) is 1. The van der Waals surface area contributed by atoms with Gasteiger partial charge in [-0.3, -0.25) is 9.78 Å². The molecular weight excluding hydrogens is 266 g/mol. The van der Waals surface area contributed by atoms with Crippen LogP contribution in [-0.2, 0) is 6.54 Å². The number of hydrogen-bond acceptors (Lipinski definition) is 5. The molecule has 1 saturated heterocycles. The monoisotopic (exact) mass is 289 g/mol. The standard InChI is InChI=1S/C14H23N7/c1-4-21-12(8-9(2)19-21)13-16-14(18-17-13)20-7-5-6-11(15)10(20)3/h8,10-11H,4-7,15H2,1-3H3,(H,16,17,18). The van der Waals surface area contributed by atoms with E-state index in [1.54, 1.807) is 0 Å². The van der Waals surface area contributed by atoms with Gasteiger partial charge < -0.3 is 10.6 Å². The summed E-state index contributed by atoms with van der Waals surface area (Å²) >= 11 is 0. The third-order valence-electron chi connectivity index (χ3n) is 4.22. The number of H-pyrrole nitrogens is 1. The van der Waals surface area contributed by atoms with Crippen LogP contribution in [0.3, 0.4) is 0 Å². The SMILES string of the molecule is CCn1nc(C)cc1-c1nc(N2CCCC(N)C2C)n[nH]1. The van der Waals surface area contributed by atoms with Gasteiger partial charge in [0.1, 0.15) is 5.69 Å². The van der Waals surface area contributed by atoms with Gasteiger partial charge in [-0.25, -0.2) is 0 Å². The first-order chi connectivity index (χ1) is 10.1. The van der Waals surface area contributed by atoms with Crippen molar-refractivity contribution in [2.75, 3.05) is 11.4 Å². The quantitative estimate of drug-likeness (QED) is 0.889. The average molecular weight is 289 g/mol. The molecule has 3 heterocycles. The van der Waals surface area contributed by atoms with Crippen molar-refractivity contribution in [2.45, 2.75) is 52.2 Å². The first-order valence-electron chi connectivity index (χ1n) is 7.59. The molecule has 7 nitrogen and oxygen atoms in total. The Morgan fingerprint density at radius 2 is 2.29 bits per heavy atom. The maximum atomic E-state index is 6.15. The lowest BCUT2D eigenvalue weighted by Gasteiger charge is -2.36. The van der Waals surface area contributed by atoms with E-state index in [-0.39, 0.29) is 12.1 Å². The van der Waals surface area contributed by atoms with Crippen LogP contribution in [0, 0.1) is 6.92 Å². The normalized spacial score (nSPS) is 22.8. The van der Waals surface area contributed by atoms with Gasteiger partial charge in [-0.05, 0) is 39.7 Å². The minimum absolute atomic E-state index is 0.184. The zero-order chi connectivity index (χ0) is 15.0. The highest BCUT2D eigenvalue weighted by molar-refractivity contribution is 5.52. The Bertz CT molecular complexity index is 615. The smallest absolute Gasteiger partial charge is 0.245 e. The fraction of sp³-hybridized carbons (Fsp3) is 0.643. The lowest BCUT2D eigenvalue weighted by atomic mass is 9.99. The van der Waals surface area contributed by atoms with Crippen LogP contribution < -0.4 is 10.6 Å². The van der Waals surface area contributed by atoms with Gasteiger partial charge in [-0.15, -0.1) is 5.10 Å². The van der Waals surface area contributed by atoms with Crippen molar-refractivity contribution in [1.29, 1.82) is 0 Å². The van der Waals surface area contributed by atoms with E-state index in [1.165, 1.54) is 0 Å². The maximum Gasteiger partial charge on any atom is 0.245 e. The second kappa shape index (κ2) is 5.48. The molecule has 21 heavy (non-hydrogen) atoms. The van der Waals surface area contributed by atoms with E-state index >= 15 is 0 Å². The van der Waals surface area contributed by atoms with E-state index in [0.29, 0.717) is 0 Å². The molecule has 2 aromatic rings. The minimum Gasteiger partial charge on any atom is -0.335 e. The molecule has 0 aliphatic carbocycles. The third kappa shape index (κ3) is 2.53. The number of anilines is 1.